The van der Waals surface area contributed by atoms with Crippen molar-refractivity contribution in [1.82, 2.24) is 0 Å². The van der Waals surface area contributed by atoms with Gasteiger partial charge in [0.05, 0.1) is 0 Å². The molecule has 54 valence electrons. The lowest BCUT2D eigenvalue weighted by Gasteiger charge is -2.29. The molecule has 2 aliphatic rings. The van der Waals surface area contributed by atoms with Crippen LogP contribution in [0.1, 0.15) is 0 Å². The van der Waals surface area contributed by atoms with Crippen molar-refractivity contribution >= 4 is 35.5 Å². The van der Waals surface area contributed by atoms with Gasteiger partial charge in [0, 0.05) is 11.5 Å². The summed E-state index contributed by atoms with van der Waals surface area (Å²) >= 11 is 2.77. The third-order valence-electron chi connectivity index (χ3n) is 1.42. The summed E-state index contributed by atoms with van der Waals surface area (Å²) in [5, 5.41) is 0. The van der Waals surface area contributed by atoms with Crippen molar-refractivity contribution < 1.29 is 14.3 Å². The van der Waals surface area contributed by atoms with Crippen LogP contribution in [0.2, 0.25) is 0 Å². The Labute approximate surface area is 65.9 Å². The highest BCUT2D eigenvalue weighted by Gasteiger charge is 2.62. The number of esters is 2. The minimum absolute atomic E-state index is 0.370. The molecule has 1 spiro atoms. The molecular weight excluding hydrogens is 172 g/mol. The van der Waals surface area contributed by atoms with Crippen LogP contribution in [0.5, 0.6) is 0 Å². The Morgan fingerprint density at radius 3 is 2.00 bits per heavy atom. The largest absolute Gasteiger partial charge is 0.389 e. The van der Waals surface area contributed by atoms with Gasteiger partial charge < -0.3 is 4.74 Å². The van der Waals surface area contributed by atoms with Gasteiger partial charge in [-0.2, -0.15) is 0 Å². The summed E-state index contributed by atoms with van der Waals surface area (Å²) in [4.78, 5) is 21.6. The van der Waals surface area contributed by atoms with Gasteiger partial charge in [0.2, 0.25) is 0 Å². The Balaban J connectivity index is 2.27. The summed E-state index contributed by atoms with van der Waals surface area (Å²) in [5.74, 6) is 0.992. The van der Waals surface area contributed by atoms with Crippen LogP contribution in [0.3, 0.4) is 0 Å². The minimum Gasteiger partial charge on any atom is -0.389 e. The second-order valence-electron chi connectivity index (χ2n) is 1.99. The van der Waals surface area contributed by atoms with E-state index in [0.717, 1.165) is 11.5 Å². The average molecular weight is 176 g/mol. The highest BCUT2D eigenvalue weighted by molar-refractivity contribution is 8.23. The van der Waals surface area contributed by atoms with E-state index in [2.05, 4.69) is 4.74 Å². The van der Waals surface area contributed by atoms with Gasteiger partial charge in [-0.25, -0.2) is 9.59 Å². The number of carbonyl (C=O) groups is 2. The number of thioether (sulfide) groups is 2. The first-order valence-corrected chi connectivity index (χ1v) is 4.77. The van der Waals surface area contributed by atoms with E-state index in [-0.39, 0.29) is 11.9 Å². The van der Waals surface area contributed by atoms with Crippen LogP contribution in [-0.2, 0) is 14.3 Å². The summed E-state index contributed by atoms with van der Waals surface area (Å²) in [6, 6.07) is 0. The summed E-state index contributed by atoms with van der Waals surface area (Å²) in [5.41, 5.74) is 0. The number of cyclic esters (lactones) is 2. The zero-order valence-corrected chi connectivity index (χ0v) is 6.59. The number of rotatable bonds is 0. The number of hydrogen-bond donors (Lipinski definition) is 0. The first-order valence-electron chi connectivity index (χ1n) is 2.80. The lowest BCUT2D eigenvalue weighted by atomic mass is 10.3. The molecule has 0 amide bonds. The number of hydrogen-bond acceptors (Lipinski definition) is 5. The van der Waals surface area contributed by atoms with E-state index >= 15 is 0 Å². The van der Waals surface area contributed by atoms with Crippen LogP contribution in [0.25, 0.3) is 0 Å². The van der Waals surface area contributed by atoms with Gasteiger partial charge in [-0.05, 0) is 0 Å². The molecule has 10 heavy (non-hydrogen) atoms. The molecule has 2 saturated heterocycles. The normalized spacial score (nSPS) is 28.4. The maximum absolute atomic E-state index is 10.8. The van der Waals surface area contributed by atoms with Gasteiger partial charge >= 0.3 is 11.9 Å². The molecule has 2 aliphatic heterocycles. The summed E-state index contributed by atoms with van der Waals surface area (Å²) in [6.07, 6.45) is 0. The Hall–Kier alpha value is -0.160. The molecule has 3 nitrogen and oxygen atoms in total. The zero-order chi connectivity index (χ0) is 7.19. The van der Waals surface area contributed by atoms with Crippen molar-refractivity contribution in [3.05, 3.63) is 0 Å². The molecule has 2 heterocycles. The Morgan fingerprint density at radius 2 is 1.70 bits per heavy atom. The van der Waals surface area contributed by atoms with Gasteiger partial charge in [-0.1, -0.05) is 0 Å². The Morgan fingerprint density at radius 1 is 1.20 bits per heavy atom. The van der Waals surface area contributed by atoms with Crippen molar-refractivity contribution in [2.45, 2.75) is 4.08 Å². The fraction of sp³-hybridized carbons (Fsp3) is 0.600. The quantitative estimate of drug-likeness (QED) is 0.391. The standard InChI is InChI=1S/C5H4O3S2/c6-3-5(4(7)8-3)9-1-2-10-5/h1-2H2. The third kappa shape index (κ3) is 0.594. The summed E-state index contributed by atoms with van der Waals surface area (Å²) in [6.45, 7) is 0. The Kier molecular flexibility index (Phi) is 1.25. The van der Waals surface area contributed by atoms with Crippen molar-refractivity contribution in [3.63, 3.8) is 0 Å². The number of carbonyl (C=O) groups excluding carboxylic acids is 2. The van der Waals surface area contributed by atoms with Crippen molar-refractivity contribution in [3.8, 4) is 0 Å². The second kappa shape index (κ2) is 1.92. The number of ether oxygens (including phenoxy) is 1. The molecule has 0 saturated carbocycles. The van der Waals surface area contributed by atoms with Gasteiger partial charge in [0.1, 0.15) is 0 Å². The summed E-state index contributed by atoms with van der Waals surface area (Å²) < 4.78 is 3.42. The summed E-state index contributed by atoms with van der Waals surface area (Å²) in [7, 11) is 0. The lowest BCUT2D eigenvalue weighted by molar-refractivity contribution is -0.175. The van der Waals surface area contributed by atoms with Gasteiger partial charge in [0.15, 0.2) is 0 Å². The molecule has 0 N–H and O–H groups in total. The molecule has 5 heteroatoms. The molecular formula is C5H4O3S2. The van der Waals surface area contributed by atoms with Crippen molar-refractivity contribution in [1.29, 1.82) is 0 Å². The van der Waals surface area contributed by atoms with Crippen LogP contribution in [0, 0.1) is 0 Å². The maximum atomic E-state index is 10.8. The minimum atomic E-state index is -0.833. The second-order valence-corrected chi connectivity index (χ2v) is 4.87. The topological polar surface area (TPSA) is 43.4 Å². The smallest absolute Gasteiger partial charge is 0.352 e. The predicted molar refractivity (Wildman–Crippen MR) is 38.7 cm³/mol. The van der Waals surface area contributed by atoms with E-state index in [1.165, 1.54) is 23.5 Å². The van der Waals surface area contributed by atoms with Gasteiger partial charge in [-0.3, -0.25) is 0 Å². The molecule has 0 aromatic rings. The van der Waals surface area contributed by atoms with Crippen LogP contribution in [-0.4, -0.2) is 27.5 Å². The monoisotopic (exact) mass is 176 g/mol. The van der Waals surface area contributed by atoms with E-state index < -0.39 is 4.08 Å². The highest BCUT2D eigenvalue weighted by Crippen LogP contribution is 2.50. The predicted octanol–water partition coefficient (Wildman–Crippen LogP) is 0.246. The fourth-order valence-corrected chi connectivity index (χ4v) is 3.62. The molecule has 0 atom stereocenters. The van der Waals surface area contributed by atoms with E-state index in [9.17, 15) is 9.59 Å². The van der Waals surface area contributed by atoms with E-state index in [4.69, 9.17) is 0 Å². The van der Waals surface area contributed by atoms with Crippen LogP contribution in [0.15, 0.2) is 0 Å². The molecule has 2 rings (SSSR count). The van der Waals surface area contributed by atoms with Gasteiger partial charge in [-0.15, -0.1) is 23.5 Å². The van der Waals surface area contributed by atoms with Crippen LogP contribution < -0.4 is 0 Å². The van der Waals surface area contributed by atoms with Crippen molar-refractivity contribution in [2.75, 3.05) is 11.5 Å². The molecule has 0 bridgehead atoms. The third-order valence-corrected chi connectivity index (χ3v) is 4.68. The maximum Gasteiger partial charge on any atom is 0.352 e. The SMILES string of the molecule is O=C1OC(=O)C12SCCS2. The van der Waals surface area contributed by atoms with Crippen molar-refractivity contribution in [2.24, 2.45) is 0 Å². The highest BCUT2D eigenvalue weighted by atomic mass is 32.2. The zero-order valence-electron chi connectivity index (χ0n) is 4.96. The Bertz CT molecular complexity index is 191. The lowest BCUT2D eigenvalue weighted by Crippen LogP contribution is -2.53. The molecule has 0 aromatic heterocycles. The average Bonchev–Trinajstić information content (AvgIpc) is 2.37. The molecule has 0 aromatic carbocycles. The molecule has 0 aliphatic carbocycles. The molecule has 0 radical (unpaired) electrons. The van der Waals surface area contributed by atoms with Crippen LogP contribution >= 0.6 is 23.5 Å². The first-order chi connectivity index (χ1) is 4.76. The molecule has 2 fully saturated rings. The van der Waals surface area contributed by atoms with Gasteiger partial charge in [0.25, 0.3) is 4.08 Å². The first kappa shape index (κ1) is 6.54. The van der Waals surface area contributed by atoms with E-state index in [1.54, 1.807) is 0 Å². The van der Waals surface area contributed by atoms with E-state index in [0.29, 0.717) is 0 Å². The fourth-order valence-electron chi connectivity index (χ4n) is 0.904. The van der Waals surface area contributed by atoms with Crippen LogP contribution in [0.4, 0.5) is 0 Å². The molecule has 0 unspecified atom stereocenters. The van der Waals surface area contributed by atoms with E-state index in [1.807, 2.05) is 0 Å².